The van der Waals surface area contributed by atoms with E-state index < -0.39 is 11.5 Å². The van der Waals surface area contributed by atoms with Gasteiger partial charge in [-0.05, 0) is 49.7 Å². The van der Waals surface area contributed by atoms with E-state index in [9.17, 15) is 9.90 Å². The molecular formula is C27H24N2O4. The lowest BCUT2D eigenvalue weighted by Gasteiger charge is -2.23. The van der Waals surface area contributed by atoms with Crippen molar-refractivity contribution in [2.75, 3.05) is 12.0 Å². The zero-order chi connectivity index (χ0) is 23.2. The molecule has 0 fully saturated rings. The maximum Gasteiger partial charge on any atom is 0.268 e. The molecule has 0 bridgehead atoms. The predicted molar refractivity (Wildman–Crippen MR) is 125 cm³/mol. The van der Waals surface area contributed by atoms with Crippen LogP contribution >= 0.6 is 0 Å². The number of aliphatic hydroxyl groups is 1. The Morgan fingerprint density at radius 1 is 1.00 bits per heavy atom. The van der Waals surface area contributed by atoms with Crippen LogP contribution in [0.5, 0.6) is 5.75 Å². The number of carbonyl (C=O) groups is 1. The van der Waals surface area contributed by atoms with E-state index in [1.54, 1.807) is 30.2 Å². The summed E-state index contributed by atoms with van der Waals surface area (Å²) in [5.41, 5.74) is 2.54. The first-order valence-corrected chi connectivity index (χ1v) is 10.7. The molecule has 6 heteroatoms. The number of amides is 1. The van der Waals surface area contributed by atoms with E-state index in [1.165, 1.54) is 0 Å². The van der Waals surface area contributed by atoms with Gasteiger partial charge in [-0.2, -0.15) is 0 Å². The Morgan fingerprint density at radius 3 is 2.39 bits per heavy atom. The Hall–Kier alpha value is -3.90. The molecule has 1 aromatic heterocycles. The molecule has 5 rings (SSSR count). The largest absolute Gasteiger partial charge is 0.497 e. The molecule has 0 aliphatic carbocycles. The van der Waals surface area contributed by atoms with Crippen LogP contribution in [0.2, 0.25) is 0 Å². The maximum absolute atomic E-state index is 13.6. The van der Waals surface area contributed by atoms with Crippen molar-refractivity contribution in [3.05, 3.63) is 101 Å². The molecule has 6 nitrogen and oxygen atoms in total. The molecule has 2 heterocycles. The van der Waals surface area contributed by atoms with Gasteiger partial charge in [-0.25, -0.2) is 4.98 Å². The number of aromatic nitrogens is 1. The highest BCUT2D eigenvalue weighted by atomic mass is 16.5. The van der Waals surface area contributed by atoms with Crippen molar-refractivity contribution in [2.45, 2.75) is 26.0 Å². The molecule has 1 aliphatic heterocycles. The lowest BCUT2D eigenvalue weighted by atomic mass is 9.87. The number of para-hydroxylation sites is 1. The van der Waals surface area contributed by atoms with Gasteiger partial charge in [-0.3, -0.25) is 4.79 Å². The van der Waals surface area contributed by atoms with Gasteiger partial charge in [-0.1, -0.05) is 48.0 Å². The molecule has 0 unspecified atom stereocenters. The summed E-state index contributed by atoms with van der Waals surface area (Å²) in [5, 5.41) is 11.7. The average molecular weight is 440 g/mol. The van der Waals surface area contributed by atoms with E-state index in [0.717, 1.165) is 16.9 Å². The maximum atomic E-state index is 13.6. The Morgan fingerprint density at radius 2 is 1.70 bits per heavy atom. The molecule has 166 valence electrons. The van der Waals surface area contributed by atoms with Gasteiger partial charge in [-0.15, -0.1) is 0 Å². The van der Waals surface area contributed by atoms with Crippen molar-refractivity contribution in [1.82, 2.24) is 4.98 Å². The SMILES string of the molecule is COc1ccc(-c2nc(CN3C(=O)[C@](O)(c4ccc(C)cc4)c4ccccc43)c(C)o2)cc1. The normalized spacial score (nSPS) is 17.3. The first-order valence-electron chi connectivity index (χ1n) is 10.7. The van der Waals surface area contributed by atoms with Crippen LogP contribution in [-0.2, 0) is 16.9 Å². The quantitative estimate of drug-likeness (QED) is 0.485. The second kappa shape index (κ2) is 7.90. The third-order valence-electron chi connectivity index (χ3n) is 6.15. The second-order valence-corrected chi connectivity index (χ2v) is 8.24. The molecule has 1 atom stereocenters. The summed E-state index contributed by atoms with van der Waals surface area (Å²) in [4.78, 5) is 19.9. The van der Waals surface area contributed by atoms with Crippen LogP contribution in [0, 0.1) is 13.8 Å². The number of hydrogen-bond donors (Lipinski definition) is 1. The predicted octanol–water partition coefficient (Wildman–Crippen LogP) is 4.75. The highest BCUT2D eigenvalue weighted by Gasteiger charge is 2.51. The minimum atomic E-state index is -1.75. The fourth-order valence-electron chi connectivity index (χ4n) is 4.25. The first kappa shape index (κ1) is 21.0. The molecule has 1 aliphatic rings. The molecule has 1 amide bonds. The molecule has 1 N–H and O–H groups in total. The number of hydrogen-bond acceptors (Lipinski definition) is 5. The molecule has 0 radical (unpaired) electrons. The van der Waals surface area contributed by atoms with E-state index in [0.29, 0.717) is 34.2 Å². The molecule has 0 saturated carbocycles. The standard InChI is InChI=1S/C27H24N2O4/c1-17-8-12-20(13-9-17)27(31)22-6-4-5-7-24(22)29(26(27)30)16-23-18(2)33-25(28-23)19-10-14-21(32-3)15-11-19/h4-15,31H,16H2,1-3H3/t27-/m0/s1. The Labute approximate surface area is 192 Å². The van der Waals surface area contributed by atoms with Crippen LogP contribution < -0.4 is 9.64 Å². The Balaban J connectivity index is 1.51. The number of ether oxygens (including phenoxy) is 1. The van der Waals surface area contributed by atoms with Crippen LogP contribution in [0.1, 0.15) is 28.1 Å². The number of carbonyl (C=O) groups excluding carboxylic acids is 1. The minimum Gasteiger partial charge on any atom is -0.497 e. The topological polar surface area (TPSA) is 75.8 Å². The number of anilines is 1. The summed E-state index contributed by atoms with van der Waals surface area (Å²) in [6.07, 6.45) is 0. The zero-order valence-corrected chi connectivity index (χ0v) is 18.7. The number of methoxy groups -OCH3 is 1. The molecule has 0 saturated heterocycles. The third kappa shape index (κ3) is 3.39. The second-order valence-electron chi connectivity index (χ2n) is 8.24. The number of fused-ring (bicyclic) bond motifs is 1. The van der Waals surface area contributed by atoms with E-state index in [-0.39, 0.29) is 6.54 Å². The highest BCUT2D eigenvalue weighted by molar-refractivity contribution is 6.09. The Kier molecular flexibility index (Phi) is 5.02. The lowest BCUT2D eigenvalue weighted by Crippen LogP contribution is -2.41. The number of nitrogens with zero attached hydrogens (tertiary/aromatic N) is 2. The van der Waals surface area contributed by atoms with Crippen molar-refractivity contribution in [1.29, 1.82) is 0 Å². The molecule has 4 aromatic rings. The number of oxazole rings is 1. The summed E-state index contributed by atoms with van der Waals surface area (Å²) in [6, 6.07) is 22.2. The summed E-state index contributed by atoms with van der Waals surface area (Å²) in [5.74, 6) is 1.44. The summed E-state index contributed by atoms with van der Waals surface area (Å²) < 4.78 is 11.1. The number of aryl methyl sites for hydroxylation is 2. The van der Waals surface area contributed by atoms with Crippen LogP contribution in [0.3, 0.4) is 0 Å². The Bertz CT molecular complexity index is 1330. The van der Waals surface area contributed by atoms with Crippen molar-refractivity contribution in [2.24, 2.45) is 0 Å². The van der Waals surface area contributed by atoms with Gasteiger partial charge in [0.15, 0.2) is 5.60 Å². The van der Waals surface area contributed by atoms with Gasteiger partial charge in [0.1, 0.15) is 17.2 Å². The molecule has 0 spiro atoms. The van der Waals surface area contributed by atoms with Crippen molar-refractivity contribution >= 4 is 11.6 Å². The smallest absolute Gasteiger partial charge is 0.268 e. The highest BCUT2D eigenvalue weighted by Crippen LogP contribution is 2.45. The lowest BCUT2D eigenvalue weighted by molar-refractivity contribution is -0.132. The number of rotatable bonds is 5. The van der Waals surface area contributed by atoms with Crippen LogP contribution in [-0.4, -0.2) is 23.1 Å². The third-order valence-corrected chi connectivity index (χ3v) is 6.15. The van der Waals surface area contributed by atoms with Crippen LogP contribution in [0.4, 0.5) is 5.69 Å². The van der Waals surface area contributed by atoms with Gasteiger partial charge >= 0.3 is 0 Å². The average Bonchev–Trinajstić information content (AvgIpc) is 3.31. The van der Waals surface area contributed by atoms with Crippen molar-refractivity contribution in [3.8, 4) is 17.2 Å². The van der Waals surface area contributed by atoms with Gasteiger partial charge in [0.05, 0.1) is 19.3 Å². The van der Waals surface area contributed by atoms with Gasteiger partial charge in [0.25, 0.3) is 5.91 Å². The van der Waals surface area contributed by atoms with Crippen LogP contribution in [0.15, 0.2) is 77.2 Å². The summed E-state index contributed by atoms with van der Waals surface area (Å²) >= 11 is 0. The first-order chi connectivity index (χ1) is 15.9. The summed E-state index contributed by atoms with van der Waals surface area (Å²) in [7, 11) is 1.62. The van der Waals surface area contributed by atoms with Gasteiger partial charge in [0, 0.05) is 11.1 Å². The monoisotopic (exact) mass is 440 g/mol. The van der Waals surface area contributed by atoms with E-state index in [1.807, 2.05) is 68.4 Å². The zero-order valence-electron chi connectivity index (χ0n) is 18.7. The van der Waals surface area contributed by atoms with E-state index in [2.05, 4.69) is 4.98 Å². The summed E-state index contributed by atoms with van der Waals surface area (Å²) in [6.45, 7) is 3.99. The van der Waals surface area contributed by atoms with Crippen LogP contribution in [0.25, 0.3) is 11.5 Å². The van der Waals surface area contributed by atoms with Crippen molar-refractivity contribution in [3.63, 3.8) is 0 Å². The molecular weight excluding hydrogens is 416 g/mol. The molecule has 3 aromatic carbocycles. The van der Waals surface area contributed by atoms with E-state index >= 15 is 0 Å². The fraction of sp³-hybridized carbons (Fsp3) is 0.185. The minimum absolute atomic E-state index is 0.190. The van der Waals surface area contributed by atoms with E-state index in [4.69, 9.17) is 9.15 Å². The van der Waals surface area contributed by atoms with Crippen molar-refractivity contribution < 1.29 is 19.1 Å². The van der Waals surface area contributed by atoms with Gasteiger partial charge in [0.2, 0.25) is 5.89 Å². The number of benzene rings is 3. The fourth-order valence-corrected chi connectivity index (χ4v) is 4.25. The molecule has 33 heavy (non-hydrogen) atoms. The van der Waals surface area contributed by atoms with Gasteiger partial charge < -0.3 is 19.2 Å².